The van der Waals surface area contributed by atoms with Gasteiger partial charge >= 0.3 is 5.97 Å². The van der Waals surface area contributed by atoms with Crippen molar-refractivity contribution in [2.75, 3.05) is 13.7 Å². The molecule has 1 atom stereocenters. The normalized spacial score (nSPS) is 12.9. The Balaban J connectivity index is 3.25. The Morgan fingerprint density at radius 1 is 1.45 bits per heavy atom. The zero-order valence-corrected chi connectivity index (χ0v) is 12.0. The predicted molar refractivity (Wildman–Crippen MR) is 71.2 cm³/mol. The van der Waals surface area contributed by atoms with Crippen LogP contribution in [-0.4, -0.2) is 44.4 Å². The van der Waals surface area contributed by atoms with Crippen molar-refractivity contribution in [2.24, 2.45) is 0 Å². The average molecular weight is 303 g/mol. The van der Waals surface area contributed by atoms with Gasteiger partial charge in [-0.2, -0.15) is 0 Å². The molecule has 0 aliphatic heterocycles. The number of hydrogen-bond donors (Lipinski definition) is 3. The zero-order valence-electron chi connectivity index (χ0n) is 11.2. The molecule has 0 radical (unpaired) electrons. The second kappa shape index (κ2) is 6.69. The van der Waals surface area contributed by atoms with Crippen LogP contribution < -0.4 is 9.46 Å². The van der Waals surface area contributed by atoms with Gasteiger partial charge in [0.2, 0.25) is 10.0 Å². The molecule has 20 heavy (non-hydrogen) atoms. The summed E-state index contributed by atoms with van der Waals surface area (Å²) in [6.45, 7) is 1.14. The maximum absolute atomic E-state index is 12.1. The lowest BCUT2D eigenvalue weighted by Crippen LogP contribution is -2.35. The molecule has 0 spiro atoms. The molecule has 0 aliphatic carbocycles. The molecule has 0 fully saturated rings. The molecule has 8 heteroatoms. The summed E-state index contributed by atoms with van der Waals surface area (Å²) < 4.78 is 31.5. The molecule has 1 aromatic carbocycles. The summed E-state index contributed by atoms with van der Waals surface area (Å²) in [4.78, 5) is 10.7. The second-order valence-corrected chi connectivity index (χ2v) is 5.93. The second-order valence-electron chi connectivity index (χ2n) is 4.25. The molecule has 0 saturated heterocycles. The Hall–Kier alpha value is -1.64. The Kier molecular flexibility index (Phi) is 5.49. The molecule has 0 unspecified atom stereocenters. The first kappa shape index (κ1) is 16.4. The van der Waals surface area contributed by atoms with Crippen molar-refractivity contribution in [2.45, 2.75) is 24.3 Å². The third kappa shape index (κ3) is 4.19. The van der Waals surface area contributed by atoms with Crippen molar-refractivity contribution in [1.82, 2.24) is 4.72 Å². The number of nitrogens with one attached hydrogen (secondary N) is 1. The third-order valence-corrected chi connectivity index (χ3v) is 4.22. The number of carboxylic acids is 1. The Morgan fingerprint density at radius 2 is 2.10 bits per heavy atom. The van der Waals surface area contributed by atoms with Crippen LogP contribution in [0.5, 0.6) is 5.75 Å². The van der Waals surface area contributed by atoms with Crippen LogP contribution in [0.15, 0.2) is 23.1 Å². The SMILES string of the molecule is COc1ccc(S(=O)(=O)N[C@@H](C)CO)c(CC(=O)O)c1. The molecule has 0 bridgehead atoms. The number of sulfonamides is 1. The molecule has 0 heterocycles. The van der Waals surface area contributed by atoms with E-state index >= 15 is 0 Å². The van der Waals surface area contributed by atoms with Crippen molar-refractivity contribution in [1.29, 1.82) is 0 Å². The Labute approximate surface area is 117 Å². The standard InChI is InChI=1S/C12H17NO6S/c1-8(7-14)13-20(17,18)11-4-3-10(19-2)5-9(11)6-12(15)16/h3-5,8,13-14H,6-7H2,1-2H3,(H,15,16)/t8-/m0/s1. The van der Waals surface area contributed by atoms with E-state index in [0.29, 0.717) is 5.75 Å². The lowest BCUT2D eigenvalue weighted by Gasteiger charge is -2.14. The molecular weight excluding hydrogens is 286 g/mol. The monoisotopic (exact) mass is 303 g/mol. The van der Waals surface area contributed by atoms with Gasteiger partial charge < -0.3 is 14.9 Å². The first-order chi connectivity index (χ1) is 9.30. The summed E-state index contributed by atoms with van der Waals surface area (Å²) in [6, 6.07) is 3.42. The van der Waals surface area contributed by atoms with Crippen LogP contribution in [0.3, 0.4) is 0 Å². The number of benzene rings is 1. The van der Waals surface area contributed by atoms with E-state index in [-0.39, 0.29) is 17.1 Å². The highest BCUT2D eigenvalue weighted by Crippen LogP contribution is 2.22. The predicted octanol–water partition coefficient (Wildman–Crippen LogP) is -0.0186. The van der Waals surface area contributed by atoms with Gasteiger partial charge in [0, 0.05) is 6.04 Å². The van der Waals surface area contributed by atoms with Crippen LogP contribution in [0.1, 0.15) is 12.5 Å². The first-order valence-corrected chi connectivity index (χ1v) is 7.30. The molecule has 1 aromatic rings. The van der Waals surface area contributed by atoms with Crippen LogP contribution in [0.25, 0.3) is 0 Å². The molecule has 0 aliphatic rings. The molecule has 0 amide bonds. The van der Waals surface area contributed by atoms with Gasteiger partial charge in [0.1, 0.15) is 5.75 Å². The molecule has 0 saturated carbocycles. The number of carboxylic acid groups (broad SMARTS) is 1. The van der Waals surface area contributed by atoms with Crippen molar-refractivity contribution < 1.29 is 28.2 Å². The summed E-state index contributed by atoms with van der Waals surface area (Å²) >= 11 is 0. The highest BCUT2D eigenvalue weighted by molar-refractivity contribution is 7.89. The maximum atomic E-state index is 12.1. The van der Waals surface area contributed by atoms with Crippen LogP contribution in [-0.2, 0) is 21.2 Å². The largest absolute Gasteiger partial charge is 0.497 e. The minimum absolute atomic E-state index is 0.120. The van der Waals surface area contributed by atoms with Crippen molar-refractivity contribution in [3.05, 3.63) is 23.8 Å². The number of ether oxygens (including phenoxy) is 1. The van der Waals surface area contributed by atoms with E-state index in [1.807, 2.05) is 0 Å². The van der Waals surface area contributed by atoms with Gasteiger partial charge in [-0.1, -0.05) is 0 Å². The minimum Gasteiger partial charge on any atom is -0.497 e. The van der Waals surface area contributed by atoms with E-state index in [1.165, 1.54) is 32.2 Å². The van der Waals surface area contributed by atoms with Crippen LogP contribution >= 0.6 is 0 Å². The third-order valence-electron chi connectivity index (χ3n) is 2.53. The van der Waals surface area contributed by atoms with Crippen LogP contribution in [0.2, 0.25) is 0 Å². The summed E-state index contributed by atoms with van der Waals surface area (Å²) in [5, 5.41) is 17.8. The van der Waals surface area contributed by atoms with Crippen LogP contribution in [0.4, 0.5) is 0 Å². The highest BCUT2D eigenvalue weighted by Gasteiger charge is 2.22. The topological polar surface area (TPSA) is 113 Å². The number of rotatable bonds is 7. The van der Waals surface area contributed by atoms with Crippen molar-refractivity contribution in [3.8, 4) is 5.75 Å². The van der Waals surface area contributed by atoms with Crippen molar-refractivity contribution >= 4 is 16.0 Å². The minimum atomic E-state index is -3.90. The van der Waals surface area contributed by atoms with Gasteiger partial charge in [0.25, 0.3) is 0 Å². The van der Waals surface area contributed by atoms with Gasteiger partial charge in [-0.05, 0) is 30.7 Å². The molecule has 3 N–H and O–H groups in total. The van der Waals surface area contributed by atoms with Gasteiger partial charge in [-0.3, -0.25) is 4.79 Å². The summed E-state index contributed by atoms with van der Waals surface area (Å²) in [5.74, 6) is -0.777. The van der Waals surface area contributed by atoms with Gasteiger partial charge in [0.05, 0.1) is 25.0 Å². The fraction of sp³-hybridized carbons (Fsp3) is 0.417. The number of aliphatic hydroxyl groups is 1. The molecule has 7 nitrogen and oxygen atoms in total. The fourth-order valence-corrected chi connectivity index (χ4v) is 3.07. The van der Waals surface area contributed by atoms with E-state index < -0.39 is 28.5 Å². The number of aliphatic carboxylic acids is 1. The smallest absolute Gasteiger partial charge is 0.307 e. The maximum Gasteiger partial charge on any atom is 0.307 e. The summed E-state index contributed by atoms with van der Waals surface area (Å²) in [5.41, 5.74) is 0.120. The zero-order chi connectivity index (χ0) is 15.3. The van der Waals surface area contributed by atoms with Crippen molar-refractivity contribution in [3.63, 3.8) is 0 Å². The number of methoxy groups -OCH3 is 1. The van der Waals surface area contributed by atoms with E-state index in [1.54, 1.807) is 0 Å². The average Bonchev–Trinajstić information content (AvgIpc) is 2.36. The highest BCUT2D eigenvalue weighted by atomic mass is 32.2. The lowest BCUT2D eigenvalue weighted by molar-refractivity contribution is -0.136. The first-order valence-electron chi connectivity index (χ1n) is 5.82. The fourth-order valence-electron chi connectivity index (χ4n) is 1.61. The van der Waals surface area contributed by atoms with Crippen LogP contribution in [0, 0.1) is 0 Å². The molecule has 1 rings (SSSR count). The number of carbonyl (C=O) groups is 1. The van der Waals surface area contributed by atoms with Gasteiger partial charge in [0.15, 0.2) is 0 Å². The number of aliphatic hydroxyl groups excluding tert-OH is 1. The van der Waals surface area contributed by atoms with E-state index in [0.717, 1.165) is 0 Å². The van der Waals surface area contributed by atoms with Gasteiger partial charge in [-0.25, -0.2) is 13.1 Å². The van der Waals surface area contributed by atoms with E-state index in [2.05, 4.69) is 4.72 Å². The molecule has 112 valence electrons. The van der Waals surface area contributed by atoms with E-state index in [9.17, 15) is 13.2 Å². The number of hydrogen-bond acceptors (Lipinski definition) is 5. The van der Waals surface area contributed by atoms with E-state index in [4.69, 9.17) is 14.9 Å². The Bertz CT molecular complexity index is 584. The molecule has 0 aromatic heterocycles. The summed E-state index contributed by atoms with van der Waals surface area (Å²) in [6.07, 6.45) is -0.444. The quantitative estimate of drug-likeness (QED) is 0.652. The summed E-state index contributed by atoms with van der Waals surface area (Å²) in [7, 11) is -2.50. The molecular formula is C12H17NO6S. The lowest BCUT2D eigenvalue weighted by atomic mass is 10.1. The Morgan fingerprint density at radius 3 is 2.60 bits per heavy atom. The van der Waals surface area contributed by atoms with Gasteiger partial charge in [-0.15, -0.1) is 0 Å².